The number of amides is 1. The Morgan fingerprint density at radius 3 is 1.96 bits per heavy atom. The fourth-order valence-electron chi connectivity index (χ4n) is 8.16. The van der Waals surface area contributed by atoms with E-state index < -0.39 is 35.6 Å². The summed E-state index contributed by atoms with van der Waals surface area (Å²) in [7, 11) is -5.61. The van der Waals surface area contributed by atoms with E-state index in [0.29, 0.717) is 24.4 Å². The first-order valence-electron chi connectivity index (χ1n) is 20.5. The molecule has 0 radical (unpaired) electrons. The Labute approximate surface area is 315 Å². The number of rotatable bonds is 20. The Balaban J connectivity index is 1.39. The molecule has 2 saturated heterocycles. The predicted molar refractivity (Wildman–Crippen MR) is 216 cm³/mol. The fourth-order valence-corrected chi connectivity index (χ4v) is 19.4. The highest BCUT2D eigenvalue weighted by Gasteiger charge is 2.60. The summed E-state index contributed by atoms with van der Waals surface area (Å²) in [4.78, 5) is 33.3. The molecule has 0 aliphatic carbocycles. The predicted octanol–water partition coefficient (Wildman–Crippen LogP) is 10.6. The molecular formula is C40H70N4O6Si2. The molecule has 12 heteroatoms. The van der Waals surface area contributed by atoms with Crippen LogP contribution in [0.2, 0.25) is 22.2 Å². The number of pyridine rings is 1. The Hall–Kier alpha value is -2.10. The van der Waals surface area contributed by atoms with Gasteiger partial charge in [-0.2, -0.15) is 0 Å². The summed E-state index contributed by atoms with van der Waals surface area (Å²) >= 11 is 0. The van der Waals surface area contributed by atoms with Gasteiger partial charge in [0.1, 0.15) is 18.0 Å². The van der Waals surface area contributed by atoms with Crippen LogP contribution in [0.4, 0.5) is 5.82 Å². The summed E-state index contributed by atoms with van der Waals surface area (Å²) in [5.41, 5.74) is 1.99. The zero-order valence-electron chi connectivity index (χ0n) is 33.9. The number of carbonyl (C=O) groups excluding carboxylic acids is 1. The van der Waals surface area contributed by atoms with Crippen LogP contribution in [0.15, 0.2) is 29.3 Å². The van der Waals surface area contributed by atoms with E-state index >= 15 is 0 Å². The zero-order valence-corrected chi connectivity index (χ0v) is 35.9. The van der Waals surface area contributed by atoms with Gasteiger partial charge in [0, 0.05) is 18.1 Å². The number of aromatic amines is 1. The zero-order chi connectivity index (χ0) is 38.1. The van der Waals surface area contributed by atoms with Crippen LogP contribution in [0.3, 0.4) is 0 Å². The number of fused-ring (bicyclic) bond motifs is 2. The molecule has 2 aliphatic rings. The third kappa shape index (κ3) is 9.95. The van der Waals surface area contributed by atoms with Crippen LogP contribution in [-0.4, -0.2) is 56.4 Å². The van der Waals surface area contributed by atoms with Gasteiger partial charge in [-0.1, -0.05) is 146 Å². The van der Waals surface area contributed by atoms with Gasteiger partial charge in [-0.3, -0.25) is 14.2 Å². The molecule has 2 aromatic heterocycles. The van der Waals surface area contributed by atoms with Crippen LogP contribution >= 0.6 is 0 Å². The minimum atomic E-state index is -2.88. The maximum Gasteiger partial charge on any atom is 0.335 e. The van der Waals surface area contributed by atoms with E-state index in [1.165, 1.54) is 64.2 Å². The maximum absolute atomic E-state index is 13.2. The molecule has 2 N–H and O–H groups in total. The topological polar surface area (TPSA) is 117 Å². The van der Waals surface area contributed by atoms with Crippen LogP contribution < -0.4 is 10.9 Å². The molecule has 4 heterocycles. The first-order chi connectivity index (χ1) is 24.8. The first kappa shape index (κ1) is 42.6. The molecule has 2 aliphatic heterocycles. The molecule has 10 nitrogen and oxygen atoms in total. The highest BCUT2D eigenvalue weighted by molar-refractivity contribution is 6.84. The van der Waals surface area contributed by atoms with E-state index in [0.717, 1.165) is 24.8 Å². The molecule has 3 atom stereocenters. The highest BCUT2D eigenvalue weighted by atomic mass is 28.5. The summed E-state index contributed by atoms with van der Waals surface area (Å²) in [5.74, 6) is 0.235. The number of hydrogen-bond donors (Lipinski definition) is 2. The number of imidazole rings is 1. The second kappa shape index (κ2) is 19.5. The van der Waals surface area contributed by atoms with Gasteiger partial charge in [-0.15, -0.1) is 0 Å². The van der Waals surface area contributed by atoms with Crippen molar-refractivity contribution < 1.29 is 22.5 Å². The number of H-pyrrole nitrogens is 1. The normalized spacial score (nSPS) is 21.7. The van der Waals surface area contributed by atoms with Crippen LogP contribution in [0, 0.1) is 0 Å². The maximum atomic E-state index is 13.2. The molecule has 0 saturated carbocycles. The summed E-state index contributed by atoms with van der Waals surface area (Å²) in [6.45, 7) is 24.7. The lowest BCUT2D eigenvalue weighted by Gasteiger charge is -2.51. The van der Waals surface area contributed by atoms with Gasteiger partial charge in [0.25, 0.3) is 5.56 Å². The second-order valence-electron chi connectivity index (χ2n) is 16.6. The lowest BCUT2D eigenvalue weighted by Crippen LogP contribution is -2.65. The van der Waals surface area contributed by atoms with Crippen molar-refractivity contribution >= 4 is 39.9 Å². The van der Waals surface area contributed by atoms with Crippen molar-refractivity contribution in [1.82, 2.24) is 14.5 Å². The minimum absolute atomic E-state index is 0.110. The monoisotopic (exact) mass is 758 g/mol. The third-order valence-corrected chi connectivity index (χ3v) is 21.5. The number of aromatic nitrogens is 3. The van der Waals surface area contributed by atoms with Gasteiger partial charge in [0.15, 0.2) is 11.7 Å². The molecule has 0 spiro atoms. The molecule has 2 aromatic rings. The Bertz CT molecular complexity index is 1490. The van der Waals surface area contributed by atoms with Gasteiger partial charge >= 0.3 is 17.1 Å². The summed E-state index contributed by atoms with van der Waals surface area (Å²) < 4.78 is 30.0. The Kier molecular flexibility index (Phi) is 16.0. The number of unbranched alkanes of at least 4 members (excludes halogenated alkanes) is 12. The number of anilines is 1. The number of nitrogens with one attached hydrogen (secondary N) is 2. The summed E-state index contributed by atoms with van der Waals surface area (Å²) in [5, 5.41) is 2.92. The van der Waals surface area contributed by atoms with Crippen molar-refractivity contribution in [1.29, 1.82) is 0 Å². The van der Waals surface area contributed by atoms with Crippen molar-refractivity contribution in [2.24, 2.45) is 0 Å². The molecule has 294 valence electrons. The van der Waals surface area contributed by atoms with E-state index in [-0.39, 0.29) is 39.1 Å². The standard InChI is InChI=1S/C40H70N4O6Si2/c1-11-12-13-14-15-16-17-18-19-20-21-22-23-24-36(45)42-35-25-33-37(39(46)43-35)41-27-44(33)40-32(10)38-34(48-40)26-47-51(28(2)3,29(4)5)50-52(49-38,30(6)7)31(8)9/h25,27-31,34,38,40H,10-24,26H2,1-9H3,(H2,42,43,45,46)/t34-,38+,40+/m1/s1. The van der Waals surface area contributed by atoms with Gasteiger partial charge < -0.3 is 28.0 Å². The molecule has 0 bridgehead atoms. The second-order valence-corrected chi connectivity index (χ2v) is 25.4. The Morgan fingerprint density at radius 2 is 1.42 bits per heavy atom. The number of carbonyl (C=O) groups is 1. The molecule has 4 rings (SSSR count). The molecule has 1 amide bonds. The van der Waals surface area contributed by atoms with E-state index in [9.17, 15) is 9.59 Å². The lowest BCUT2D eigenvalue weighted by atomic mass is 10.0. The average Bonchev–Trinajstić information content (AvgIpc) is 3.62. The lowest BCUT2D eigenvalue weighted by molar-refractivity contribution is -0.116. The van der Waals surface area contributed by atoms with Crippen molar-refractivity contribution in [2.45, 2.75) is 193 Å². The third-order valence-electron chi connectivity index (χ3n) is 11.3. The number of nitrogens with zero attached hydrogens (tertiary/aromatic N) is 2. The van der Waals surface area contributed by atoms with E-state index in [1.807, 2.05) is 4.57 Å². The van der Waals surface area contributed by atoms with Gasteiger partial charge in [-0.25, -0.2) is 4.98 Å². The van der Waals surface area contributed by atoms with Crippen LogP contribution in [0.25, 0.3) is 11.0 Å². The molecule has 0 aromatic carbocycles. The average molecular weight is 759 g/mol. The van der Waals surface area contributed by atoms with Crippen LogP contribution in [0.1, 0.15) is 158 Å². The first-order valence-corrected chi connectivity index (χ1v) is 24.5. The van der Waals surface area contributed by atoms with Gasteiger partial charge in [-0.05, 0) is 28.6 Å². The quantitative estimate of drug-likeness (QED) is 0.0784. The largest absolute Gasteiger partial charge is 0.414 e. The highest BCUT2D eigenvalue weighted by Crippen LogP contribution is 2.49. The van der Waals surface area contributed by atoms with E-state index in [4.69, 9.17) is 17.7 Å². The SMILES string of the molecule is C=C1[C@@H]2O[Si](C(C)C)(C(C)C)O[Si](C(C)C)(C(C)C)OC[C@H]2O[C@@H]1n1cnc2c(=O)[nH]c(NC(=O)CCCCCCCCCCCCCCC)cc21. The fraction of sp³-hybridized carbons (Fsp3) is 0.775. The minimum Gasteiger partial charge on any atom is -0.414 e. The number of hydrogen-bond acceptors (Lipinski definition) is 7. The van der Waals surface area contributed by atoms with E-state index in [1.54, 1.807) is 12.4 Å². The smallest absolute Gasteiger partial charge is 0.335 e. The van der Waals surface area contributed by atoms with E-state index in [2.05, 4.69) is 84.2 Å². The molecule has 2 fully saturated rings. The van der Waals surface area contributed by atoms with Crippen LogP contribution in [0.5, 0.6) is 0 Å². The summed E-state index contributed by atoms with van der Waals surface area (Å²) in [6.07, 6.45) is 16.9. The van der Waals surface area contributed by atoms with Crippen LogP contribution in [-0.2, 0) is 22.5 Å². The number of ether oxygens (including phenoxy) is 1. The van der Waals surface area contributed by atoms with Gasteiger partial charge in [0.05, 0.1) is 18.5 Å². The molecular weight excluding hydrogens is 689 g/mol. The Morgan fingerprint density at radius 1 is 0.885 bits per heavy atom. The van der Waals surface area contributed by atoms with Crippen molar-refractivity contribution in [3.8, 4) is 0 Å². The van der Waals surface area contributed by atoms with Gasteiger partial charge in [0.2, 0.25) is 5.91 Å². The van der Waals surface area contributed by atoms with Crippen molar-refractivity contribution in [3.63, 3.8) is 0 Å². The molecule has 52 heavy (non-hydrogen) atoms. The van der Waals surface area contributed by atoms with Crippen molar-refractivity contribution in [2.75, 3.05) is 11.9 Å². The van der Waals surface area contributed by atoms with Crippen molar-refractivity contribution in [3.05, 3.63) is 34.9 Å². The summed E-state index contributed by atoms with van der Waals surface area (Å²) in [6, 6.07) is 1.76. The molecule has 0 unspecified atom stereocenters.